The number of amides is 1. The van der Waals surface area contributed by atoms with E-state index in [-0.39, 0.29) is 5.91 Å². The topological polar surface area (TPSA) is 63.1 Å². The molecule has 0 aliphatic carbocycles. The molecule has 6 nitrogen and oxygen atoms in total. The number of hydrogen-bond acceptors (Lipinski definition) is 4. The minimum Gasteiger partial charge on any atom is -0.348 e. The van der Waals surface area contributed by atoms with E-state index in [1.54, 1.807) is 6.08 Å². The van der Waals surface area contributed by atoms with Gasteiger partial charge < -0.3 is 5.32 Å². The number of fused-ring (bicyclic) bond motifs is 1. The largest absolute Gasteiger partial charge is 0.348 e. The van der Waals surface area contributed by atoms with E-state index in [1.807, 2.05) is 72.7 Å². The van der Waals surface area contributed by atoms with Crippen molar-refractivity contribution >= 4 is 12.0 Å². The van der Waals surface area contributed by atoms with Crippen LogP contribution in [0.5, 0.6) is 0 Å². The third-order valence-corrected chi connectivity index (χ3v) is 6.25. The average molecular weight is 430 g/mol. The molecule has 1 atom stereocenters. The first kappa shape index (κ1) is 22.0. The molecule has 0 saturated carbocycles. The van der Waals surface area contributed by atoms with Crippen LogP contribution in [0.25, 0.3) is 6.08 Å². The van der Waals surface area contributed by atoms with Gasteiger partial charge in [-0.25, -0.2) is 0 Å². The molecule has 1 aromatic carbocycles. The Morgan fingerprint density at radius 1 is 1.25 bits per heavy atom. The molecule has 0 fully saturated rings. The summed E-state index contributed by atoms with van der Waals surface area (Å²) in [5.41, 5.74) is 5.79. The van der Waals surface area contributed by atoms with E-state index >= 15 is 0 Å². The lowest BCUT2D eigenvalue weighted by Crippen LogP contribution is -2.39. The monoisotopic (exact) mass is 429 g/mol. The maximum Gasteiger partial charge on any atom is 0.244 e. The predicted molar refractivity (Wildman–Crippen MR) is 127 cm³/mol. The van der Waals surface area contributed by atoms with Crippen LogP contribution in [0.2, 0.25) is 0 Å². The van der Waals surface area contributed by atoms with Crippen LogP contribution >= 0.6 is 0 Å². The second-order valence-corrected chi connectivity index (χ2v) is 8.42. The normalized spacial score (nSPS) is 14.9. The summed E-state index contributed by atoms with van der Waals surface area (Å²) in [6.45, 7) is 7.67. The van der Waals surface area contributed by atoms with E-state index < -0.39 is 0 Å². The summed E-state index contributed by atoms with van der Waals surface area (Å²) < 4.78 is 1.99. The molecule has 0 bridgehead atoms. The second kappa shape index (κ2) is 10.4. The Kier molecular flexibility index (Phi) is 7.12. The number of benzene rings is 1. The van der Waals surface area contributed by atoms with Gasteiger partial charge in [0.15, 0.2) is 0 Å². The quantitative estimate of drug-likeness (QED) is 0.554. The number of rotatable bonds is 8. The Labute approximate surface area is 190 Å². The minimum absolute atomic E-state index is 0.0875. The molecule has 166 valence electrons. The minimum atomic E-state index is -0.0875. The summed E-state index contributed by atoms with van der Waals surface area (Å²) in [5, 5.41) is 7.35. The van der Waals surface area contributed by atoms with Crippen molar-refractivity contribution in [2.75, 3.05) is 6.54 Å². The molecule has 1 amide bonds. The summed E-state index contributed by atoms with van der Waals surface area (Å²) in [5.74, 6) is -0.0875. The molecular formula is C26H31N5O. The molecule has 3 aromatic rings. The number of aryl methyl sites for hydroxylation is 2. The van der Waals surface area contributed by atoms with E-state index in [9.17, 15) is 4.79 Å². The Morgan fingerprint density at radius 2 is 2.09 bits per heavy atom. The molecule has 32 heavy (non-hydrogen) atoms. The molecule has 0 radical (unpaired) electrons. The molecule has 1 unspecified atom stereocenters. The lowest BCUT2D eigenvalue weighted by Gasteiger charge is -2.34. The van der Waals surface area contributed by atoms with Crippen molar-refractivity contribution in [2.45, 2.75) is 52.4 Å². The van der Waals surface area contributed by atoms with Crippen LogP contribution in [-0.4, -0.2) is 38.2 Å². The highest BCUT2D eigenvalue weighted by atomic mass is 16.1. The zero-order valence-corrected chi connectivity index (χ0v) is 18.9. The first-order valence-corrected chi connectivity index (χ1v) is 11.3. The number of pyridine rings is 1. The van der Waals surface area contributed by atoms with Crippen LogP contribution in [-0.2, 0) is 30.8 Å². The molecule has 1 aliphatic rings. The first-order chi connectivity index (χ1) is 15.6. The fraction of sp³-hybridized carbons (Fsp3) is 0.346. The number of carbonyl (C=O) groups excluding carboxylic acids is 1. The van der Waals surface area contributed by atoms with Gasteiger partial charge in [0.1, 0.15) is 0 Å². The van der Waals surface area contributed by atoms with Gasteiger partial charge in [-0.1, -0.05) is 30.3 Å². The number of carbonyl (C=O) groups is 1. The van der Waals surface area contributed by atoms with Gasteiger partial charge in [0.2, 0.25) is 5.91 Å². The third kappa shape index (κ3) is 5.51. The summed E-state index contributed by atoms with van der Waals surface area (Å²) in [6.07, 6.45) is 11.3. The van der Waals surface area contributed by atoms with E-state index in [1.165, 1.54) is 11.1 Å². The van der Waals surface area contributed by atoms with Crippen molar-refractivity contribution in [3.05, 3.63) is 89.0 Å². The van der Waals surface area contributed by atoms with Crippen LogP contribution in [0.1, 0.15) is 41.3 Å². The van der Waals surface area contributed by atoms with Gasteiger partial charge in [-0.05, 0) is 61.1 Å². The maximum atomic E-state index is 12.3. The van der Waals surface area contributed by atoms with Gasteiger partial charge in [0.05, 0.1) is 0 Å². The zero-order valence-electron chi connectivity index (χ0n) is 18.9. The lowest BCUT2D eigenvalue weighted by molar-refractivity contribution is -0.116. The highest BCUT2D eigenvalue weighted by molar-refractivity contribution is 5.91. The van der Waals surface area contributed by atoms with Gasteiger partial charge in [0.25, 0.3) is 0 Å². The summed E-state index contributed by atoms with van der Waals surface area (Å²) >= 11 is 0. The molecule has 3 heterocycles. The van der Waals surface area contributed by atoms with Crippen LogP contribution in [0.15, 0.2) is 61.1 Å². The summed E-state index contributed by atoms with van der Waals surface area (Å²) in [7, 11) is 0. The molecule has 4 rings (SSSR count). The molecule has 0 saturated heterocycles. The Bertz CT molecular complexity index is 1060. The van der Waals surface area contributed by atoms with Crippen LogP contribution < -0.4 is 5.32 Å². The SMILES string of the molecule is Cc1ncc2c(c1CNC(=O)/C=C/c1ccccc1)CCN(C(C)CCn1cccn1)C2. The van der Waals surface area contributed by atoms with Gasteiger partial charge in [-0.2, -0.15) is 5.10 Å². The number of hydrogen-bond donors (Lipinski definition) is 1. The lowest BCUT2D eigenvalue weighted by atomic mass is 9.94. The molecule has 1 aliphatic heterocycles. The predicted octanol–water partition coefficient (Wildman–Crippen LogP) is 3.75. The van der Waals surface area contributed by atoms with Gasteiger partial charge in [-0.3, -0.25) is 19.4 Å². The summed E-state index contributed by atoms with van der Waals surface area (Å²) in [6, 6.07) is 12.3. The third-order valence-electron chi connectivity index (χ3n) is 6.25. The smallest absolute Gasteiger partial charge is 0.244 e. The van der Waals surface area contributed by atoms with Gasteiger partial charge in [-0.15, -0.1) is 0 Å². The molecular weight excluding hydrogens is 398 g/mol. The standard InChI is InChI=1S/C26H31N5O/c1-20(11-16-31-14-6-13-29-31)30-15-12-24-23(19-30)17-27-21(2)25(24)18-28-26(32)10-9-22-7-4-3-5-8-22/h3-10,13-14,17,20H,11-12,15-16,18-19H2,1-2H3,(H,28,32)/b10-9+. The van der Waals surface area contributed by atoms with Gasteiger partial charge >= 0.3 is 0 Å². The highest BCUT2D eigenvalue weighted by Crippen LogP contribution is 2.25. The van der Waals surface area contributed by atoms with E-state index in [0.29, 0.717) is 12.6 Å². The molecule has 0 spiro atoms. The van der Waals surface area contributed by atoms with Crippen molar-refractivity contribution in [3.63, 3.8) is 0 Å². The number of nitrogens with zero attached hydrogens (tertiary/aromatic N) is 4. The first-order valence-electron chi connectivity index (χ1n) is 11.3. The van der Waals surface area contributed by atoms with Crippen LogP contribution in [0.3, 0.4) is 0 Å². The highest BCUT2D eigenvalue weighted by Gasteiger charge is 2.23. The van der Waals surface area contributed by atoms with Crippen LogP contribution in [0, 0.1) is 6.92 Å². The Balaban J connectivity index is 1.36. The van der Waals surface area contributed by atoms with Crippen LogP contribution in [0.4, 0.5) is 0 Å². The van der Waals surface area contributed by atoms with E-state index in [0.717, 1.165) is 49.3 Å². The molecule has 2 aromatic heterocycles. The summed E-state index contributed by atoms with van der Waals surface area (Å²) in [4.78, 5) is 19.5. The van der Waals surface area contributed by atoms with Crippen molar-refractivity contribution in [1.29, 1.82) is 0 Å². The molecule has 1 N–H and O–H groups in total. The van der Waals surface area contributed by atoms with Crippen molar-refractivity contribution < 1.29 is 4.79 Å². The second-order valence-electron chi connectivity index (χ2n) is 8.42. The van der Waals surface area contributed by atoms with Crippen molar-refractivity contribution in [2.24, 2.45) is 0 Å². The van der Waals surface area contributed by atoms with Gasteiger partial charge in [0, 0.05) is 62.6 Å². The average Bonchev–Trinajstić information content (AvgIpc) is 3.34. The molecule has 6 heteroatoms. The fourth-order valence-corrected chi connectivity index (χ4v) is 4.26. The van der Waals surface area contributed by atoms with Crippen molar-refractivity contribution in [1.82, 2.24) is 25.0 Å². The fourth-order valence-electron chi connectivity index (χ4n) is 4.26. The number of nitrogens with one attached hydrogen (secondary N) is 1. The van der Waals surface area contributed by atoms with E-state index in [2.05, 4.69) is 27.2 Å². The maximum absolute atomic E-state index is 12.3. The number of aromatic nitrogens is 3. The Hall–Kier alpha value is -3.25. The van der Waals surface area contributed by atoms with Crippen molar-refractivity contribution in [3.8, 4) is 0 Å². The zero-order chi connectivity index (χ0) is 22.3. The van der Waals surface area contributed by atoms with E-state index in [4.69, 9.17) is 0 Å². The Morgan fingerprint density at radius 3 is 2.88 bits per heavy atom.